The maximum Gasteiger partial charge on any atom is 0.323 e. The van der Waals surface area contributed by atoms with E-state index in [0.717, 1.165) is 18.0 Å². The molecule has 1 atom stereocenters. The molecule has 2 heterocycles. The molecule has 1 fully saturated rings. The van der Waals surface area contributed by atoms with E-state index in [1.807, 2.05) is 6.92 Å². The minimum absolute atomic E-state index is 0.250. The standard InChI is InChI=1S/C13H20N4O3S/c1-3-5-13(10(18)19)6-4-7-17(8-13)12(20)15-11-14-9(2)16-21-11/h3-8H2,1-2H3,(H,18,19)(H,14,15,16,20). The van der Waals surface area contributed by atoms with E-state index in [4.69, 9.17) is 0 Å². The third kappa shape index (κ3) is 3.49. The van der Waals surface area contributed by atoms with Crippen LogP contribution in [0.1, 0.15) is 38.4 Å². The van der Waals surface area contributed by atoms with E-state index in [0.29, 0.717) is 36.8 Å². The molecule has 1 aliphatic rings. The number of piperidine rings is 1. The predicted octanol–water partition coefficient (Wildman–Crippen LogP) is 2.35. The number of aliphatic carboxylic acids is 1. The van der Waals surface area contributed by atoms with Gasteiger partial charge in [-0.3, -0.25) is 10.1 Å². The molecule has 7 nitrogen and oxygen atoms in total. The molecule has 116 valence electrons. The van der Waals surface area contributed by atoms with Gasteiger partial charge in [0.25, 0.3) is 0 Å². The summed E-state index contributed by atoms with van der Waals surface area (Å²) >= 11 is 1.12. The molecule has 2 N–H and O–H groups in total. The van der Waals surface area contributed by atoms with Gasteiger partial charge in [0, 0.05) is 24.6 Å². The molecular weight excluding hydrogens is 292 g/mol. The van der Waals surface area contributed by atoms with Gasteiger partial charge in [-0.05, 0) is 26.2 Å². The summed E-state index contributed by atoms with van der Waals surface area (Å²) in [7, 11) is 0. The van der Waals surface area contributed by atoms with E-state index in [-0.39, 0.29) is 12.6 Å². The molecule has 2 amide bonds. The number of carboxylic acids is 1. The molecule has 0 saturated carbocycles. The summed E-state index contributed by atoms with van der Waals surface area (Å²) in [5.74, 6) is -0.201. The van der Waals surface area contributed by atoms with Crippen molar-refractivity contribution in [3.05, 3.63) is 5.82 Å². The number of carbonyl (C=O) groups excluding carboxylic acids is 1. The second-order valence-electron chi connectivity index (χ2n) is 5.44. The van der Waals surface area contributed by atoms with E-state index in [1.54, 1.807) is 11.8 Å². The van der Waals surface area contributed by atoms with Crippen molar-refractivity contribution in [2.24, 2.45) is 5.41 Å². The highest BCUT2D eigenvalue weighted by Gasteiger charge is 2.42. The average Bonchev–Trinajstić information content (AvgIpc) is 2.84. The lowest BCUT2D eigenvalue weighted by Gasteiger charge is -2.39. The Morgan fingerprint density at radius 2 is 2.29 bits per heavy atom. The number of carboxylic acid groups (broad SMARTS) is 1. The number of urea groups is 1. The van der Waals surface area contributed by atoms with E-state index < -0.39 is 11.4 Å². The largest absolute Gasteiger partial charge is 0.481 e. The lowest BCUT2D eigenvalue weighted by atomic mass is 9.76. The smallest absolute Gasteiger partial charge is 0.323 e. The lowest BCUT2D eigenvalue weighted by molar-refractivity contribution is -0.152. The van der Waals surface area contributed by atoms with Crippen LogP contribution in [0, 0.1) is 12.3 Å². The summed E-state index contributed by atoms with van der Waals surface area (Å²) in [5, 5.41) is 12.7. The molecule has 0 bridgehead atoms. The Kier molecular flexibility index (Phi) is 4.76. The van der Waals surface area contributed by atoms with Gasteiger partial charge in [0.15, 0.2) is 0 Å². The van der Waals surface area contributed by atoms with Crippen molar-refractivity contribution in [2.45, 2.75) is 39.5 Å². The fourth-order valence-electron chi connectivity index (χ4n) is 2.79. The Balaban J connectivity index is 2.05. The van der Waals surface area contributed by atoms with E-state index in [9.17, 15) is 14.7 Å². The van der Waals surface area contributed by atoms with Crippen LogP contribution in [0.4, 0.5) is 9.93 Å². The van der Waals surface area contributed by atoms with Crippen molar-refractivity contribution in [1.82, 2.24) is 14.3 Å². The lowest BCUT2D eigenvalue weighted by Crippen LogP contribution is -2.51. The van der Waals surface area contributed by atoms with Crippen LogP contribution in [-0.4, -0.2) is 44.5 Å². The average molecular weight is 312 g/mol. The number of hydrogen-bond acceptors (Lipinski definition) is 5. The van der Waals surface area contributed by atoms with Gasteiger partial charge in [-0.2, -0.15) is 4.37 Å². The number of rotatable bonds is 4. The molecule has 1 aliphatic heterocycles. The molecule has 0 aliphatic carbocycles. The number of carbonyl (C=O) groups is 2. The van der Waals surface area contributed by atoms with Crippen molar-refractivity contribution in [3.8, 4) is 0 Å². The fraction of sp³-hybridized carbons (Fsp3) is 0.692. The predicted molar refractivity (Wildman–Crippen MR) is 79.4 cm³/mol. The minimum atomic E-state index is -0.818. The topological polar surface area (TPSA) is 95.4 Å². The molecule has 21 heavy (non-hydrogen) atoms. The Morgan fingerprint density at radius 1 is 1.52 bits per heavy atom. The van der Waals surface area contributed by atoms with Gasteiger partial charge in [0.1, 0.15) is 5.82 Å². The Bertz CT molecular complexity index is 529. The minimum Gasteiger partial charge on any atom is -0.481 e. The van der Waals surface area contributed by atoms with E-state index >= 15 is 0 Å². The highest BCUT2D eigenvalue weighted by Crippen LogP contribution is 2.35. The number of aromatic nitrogens is 2. The van der Waals surface area contributed by atoms with E-state index in [2.05, 4.69) is 14.7 Å². The summed E-state index contributed by atoms with van der Waals surface area (Å²) in [6.45, 7) is 4.54. The van der Waals surface area contributed by atoms with Gasteiger partial charge in [-0.1, -0.05) is 13.3 Å². The van der Waals surface area contributed by atoms with Gasteiger partial charge in [0.2, 0.25) is 5.13 Å². The Morgan fingerprint density at radius 3 is 2.86 bits per heavy atom. The van der Waals surface area contributed by atoms with Crippen molar-refractivity contribution in [2.75, 3.05) is 18.4 Å². The normalized spacial score (nSPS) is 22.1. The van der Waals surface area contributed by atoms with Gasteiger partial charge >= 0.3 is 12.0 Å². The van der Waals surface area contributed by atoms with Crippen LogP contribution in [0.3, 0.4) is 0 Å². The molecule has 1 unspecified atom stereocenters. The highest BCUT2D eigenvalue weighted by atomic mass is 32.1. The Hall–Kier alpha value is -1.70. The molecule has 0 spiro atoms. The van der Waals surface area contributed by atoms with Crippen LogP contribution < -0.4 is 5.32 Å². The van der Waals surface area contributed by atoms with Gasteiger partial charge in [-0.15, -0.1) is 0 Å². The quantitative estimate of drug-likeness (QED) is 0.889. The molecule has 0 aromatic carbocycles. The Labute approximate surface area is 127 Å². The number of likely N-dealkylation sites (tertiary alicyclic amines) is 1. The second kappa shape index (κ2) is 6.38. The van der Waals surface area contributed by atoms with Crippen LogP contribution >= 0.6 is 11.5 Å². The molecule has 1 aromatic rings. The third-order valence-corrected chi connectivity index (χ3v) is 4.51. The number of nitrogens with one attached hydrogen (secondary N) is 1. The summed E-state index contributed by atoms with van der Waals surface area (Å²) in [5.41, 5.74) is -0.818. The van der Waals surface area contributed by atoms with Crippen molar-refractivity contribution in [1.29, 1.82) is 0 Å². The zero-order valence-corrected chi connectivity index (χ0v) is 13.1. The summed E-state index contributed by atoms with van der Waals surface area (Å²) in [4.78, 5) is 29.5. The van der Waals surface area contributed by atoms with Crippen molar-refractivity contribution in [3.63, 3.8) is 0 Å². The van der Waals surface area contributed by atoms with Crippen molar-refractivity contribution < 1.29 is 14.7 Å². The van der Waals surface area contributed by atoms with Gasteiger partial charge < -0.3 is 10.0 Å². The van der Waals surface area contributed by atoms with Crippen LogP contribution in [0.5, 0.6) is 0 Å². The maximum atomic E-state index is 12.3. The number of anilines is 1. The maximum absolute atomic E-state index is 12.3. The zero-order chi connectivity index (χ0) is 15.5. The highest BCUT2D eigenvalue weighted by molar-refractivity contribution is 7.09. The molecule has 0 radical (unpaired) electrons. The van der Waals surface area contributed by atoms with E-state index in [1.165, 1.54) is 0 Å². The van der Waals surface area contributed by atoms with Gasteiger partial charge in [-0.25, -0.2) is 9.78 Å². The van der Waals surface area contributed by atoms with Crippen LogP contribution in [0.25, 0.3) is 0 Å². The first-order valence-electron chi connectivity index (χ1n) is 7.06. The first-order chi connectivity index (χ1) is 9.97. The first-order valence-corrected chi connectivity index (χ1v) is 7.84. The monoisotopic (exact) mass is 312 g/mol. The zero-order valence-electron chi connectivity index (χ0n) is 12.3. The van der Waals surface area contributed by atoms with Crippen molar-refractivity contribution >= 4 is 28.7 Å². The van der Waals surface area contributed by atoms with Crippen LogP contribution in [-0.2, 0) is 4.79 Å². The molecular formula is C13H20N4O3S. The summed E-state index contributed by atoms with van der Waals surface area (Å²) in [6, 6.07) is -0.299. The van der Waals surface area contributed by atoms with Crippen LogP contribution in [0.15, 0.2) is 0 Å². The summed E-state index contributed by atoms with van der Waals surface area (Å²) in [6.07, 6.45) is 2.70. The molecule has 1 saturated heterocycles. The molecule has 2 rings (SSSR count). The molecule has 1 aromatic heterocycles. The van der Waals surface area contributed by atoms with Crippen LogP contribution in [0.2, 0.25) is 0 Å². The second-order valence-corrected chi connectivity index (χ2v) is 6.19. The number of nitrogens with zero attached hydrogens (tertiary/aromatic N) is 3. The SMILES string of the molecule is CCCC1(C(=O)O)CCCN(C(=O)Nc2nc(C)ns2)C1. The first kappa shape index (κ1) is 15.7. The number of hydrogen-bond donors (Lipinski definition) is 2. The number of aryl methyl sites for hydroxylation is 1. The fourth-order valence-corrected chi connectivity index (χ4v) is 3.35. The van der Waals surface area contributed by atoms with Gasteiger partial charge in [0.05, 0.1) is 5.41 Å². The number of amides is 2. The molecule has 8 heteroatoms. The third-order valence-electron chi connectivity index (χ3n) is 3.79. The summed E-state index contributed by atoms with van der Waals surface area (Å²) < 4.78 is 4.00.